The fourth-order valence-electron chi connectivity index (χ4n) is 3.87. The summed E-state index contributed by atoms with van der Waals surface area (Å²) in [5, 5.41) is 0. The Bertz CT molecular complexity index is 748. The zero-order valence-electron chi connectivity index (χ0n) is 19.7. The average Bonchev–Trinajstić information content (AvgIpc) is 3.26. The van der Waals surface area contributed by atoms with E-state index in [1.807, 2.05) is 12.1 Å². The van der Waals surface area contributed by atoms with Crippen LogP contribution in [0.4, 0.5) is 0 Å². The van der Waals surface area contributed by atoms with E-state index >= 15 is 0 Å². The number of phosphoric ester groups is 1. The molecule has 1 saturated heterocycles. The summed E-state index contributed by atoms with van der Waals surface area (Å²) in [6, 6.07) is 8.21. The number of ether oxygens (including phenoxy) is 2. The first kappa shape index (κ1) is 24.8. The third kappa shape index (κ3) is 7.95. The molecular weight excluding hydrogens is 427 g/mol. The number of rotatable bonds is 18. The molecule has 1 aromatic carbocycles. The van der Waals surface area contributed by atoms with Gasteiger partial charge >= 0.3 is 19.7 Å². The third-order valence-electron chi connectivity index (χ3n) is 5.79. The molecule has 180 valence electrons. The first-order valence-electron chi connectivity index (χ1n) is 12.5. The molecule has 3 heterocycles. The van der Waals surface area contributed by atoms with Crippen LogP contribution in [0.15, 0.2) is 36.2 Å². The number of unbranched alkanes of at least 4 members (excludes halogenated alkanes) is 10. The van der Waals surface area contributed by atoms with Crippen molar-refractivity contribution in [2.24, 2.45) is 0 Å². The maximum atomic E-state index is 11.7. The molecule has 1 aromatic rings. The normalized spacial score (nSPS) is 16.6. The summed E-state index contributed by atoms with van der Waals surface area (Å²) in [5.41, 5.74) is 1.33. The molecule has 0 N–H and O–H groups in total. The Balaban J connectivity index is 1.33. The van der Waals surface area contributed by atoms with E-state index in [1.54, 1.807) is 0 Å². The second-order valence-electron chi connectivity index (χ2n) is 8.68. The Morgan fingerprint density at radius 2 is 1.34 bits per heavy atom. The van der Waals surface area contributed by atoms with Crippen LogP contribution in [0.5, 0.6) is 5.75 Å². The quantitative estimate of drug-likeness (QED) is 0.123. The molecule has 0 spiro atoms. The number of phosphoric acid groups is 1. The predicted molar refractivity (Wildman–Crippen MR) is 125 cm³/mol. The Labute approximate surface area is 193 Å². The second-order valence-corrected chi connectivity index (χ2v) is 10.1. The van der Waals surface area contributed by atoms with Crippen molar-refractivity contribution in [1.29, 1.82) is 0 Å². The zero-order chi connectivity index (χ0) is 22.7. The van der Waals surface area contributed by atoms with Crippen molar-refractivity contribution < 1.29 is 27.6 Å². The molecule has 0 aromatic heterocycles. The van der Waals surface area contributed by atoms with Crippen LogP contribution in [0.25, 0.3) is 0 Å². The van der Waals surface area contributed by atoms with Gasteiger partial charge in [-0.3, -0.25) is 0 Å². The maximum Gasteiger partial charge on any atom is 0.654 e. The van der Waals surface area contributed by atoms with Gasteiger partial charge in [-0.2, -0.15) is 4.57 Å². The van der Waals surface area contributed by atoms with E-state index in [2.05, 4.69) is 26.0 Å². The van der Waals surface area contributed by atoms with Crippen LogP contribution in [-0.4, -0.2) is 6.29 Å². The van der Waals surface area contributed by atoms with Gasteiger partial charge in [0.05, 0.1) is 0 Å². The number of benzene rings is 1. The van der Waals surface area contributed by atoms with Crippen LogP contribution in [-0.2, 0) is 29.3 Å². The standard InChI is InChI=1S/C25H39O6P/c1-3-5-7-8-9-10-11-12-13-14-15-21-17-19-22(20-18-21)27-23(16-6-4-2)28-24-25-30-32(26,29-24)31-25/h17-20,23H,3-16H2,1-2H3. The van der Waals surface area contributed by atoms with Crippen molar-refractivity contribution in [2.75, 3.05) is 0 Å². The average molecular weight is 467 g/mol. The highest BCUT2D eigenvalue weighted by Gasteiger charge is 2.58. The van der Waals surface area contributed by atoms with Gasteiger partial charge in [0.15, 0.2) is 0 Å². The number of aryl methyl sites for hydroxylation is 1. The maximum absolute atomic E-state index is 11.7. The van der Waals surface area contributed by atoms with Crippen molar-refractivity contribution >= 4 is 7.82 Å². The van der Waals surface area contributed by atoms with Crippen molar-refractivity contribution in [3.05, 3.63) is 41.7 Å². The van der Waals surface area contributed by atoms with Crippen LogP contribution in [0.2, 0.25) is 0 Å². The Kier molecular flexibility index (Phi) is 10.1. The fourth-order valence-corrected chi connectivity index (χ4v) is 4.83. The molecule has 0 amide bonds. The van der Waals surface area contributed by atoms with Crippen molar-refractivity contribution in [3.63, 3.8) is 0 Å². The Hall–Kier alpha value is -1.81. The van der Waals surface area contributed by atoms with Gasteiger partial charge in [0.1, 0.15) is 5.75 Å². The Morgan fingerprint density at radius 1 is 0.750 bits per heavy atom. The van der Waals surface area contributed by atoms with Crippen LogP contribution in [0.1, 0.15) is 103 Å². The van der Waals surface area contributed by atoms with Gasteiger partial charge in [-0.15, -0.1) is 0 Å². The van der Waals surface area contributed by atoms with Gasteiger partial charge in [-0.1, -0.05) is 90.2 Å². The minimum absolute atomic E-state index is 0.0204. The van der Waals surface area contributed by atoms with E-state index in [0.29, 0.717) is 6.42 Å². The van der Waals surface area contributed by atoms with E-state index < -0.39 is 14.1 Å². The number of fused-ring (bicyclic) bond motifs is 1. The molecule has 4 rings (SSSR count). The molecule has 0 aliphatic carbocycles. The number of hydrogen-bond donors (Lipinski definition) is 0. The molecule has 1 fully saturated rings. The lowest BCUT2D eigenvalue weighted by Gasteiger charge is -2.19. The van der Waals surface area contributed by atoms with Gasteiger partial charge in [0, 0.05) is 6.42 Å². The second kappa shape index (κ2) is 13.0. The summed E-state index contributed by atoms with van der Waals surface area (Å²) in [5.74, 6) is 0.805. The van der Waals surface area contributed by atoms with Crippen molar-refractivity contribution in [3.8, 4) is 5.75 Å². The topological polar surface area (TPSA) is 63.2 Å². The molecule has 1 unspecified atom stereocenters. The van der Waals surface area contributed by atoms with Crippen molar-refractivity contribution in [1.82, 2.24) is 0 Å². The van der Waals surface area contributed by atoms with E-state index in [9.17, 15) is 4.57 Å². The minimum atomic E-state index is -3.41. The van der Waals surface area contributed by atoms with Crippen LogP contribution in [0.3, 0.4) is 0 Å². The molecule has 0 saturated carbocycles. The van der Waals surface area contributed by atoms with Gasteiger partial charge in [-0.25, -0.2) is 0 Å². The molecule has 0 radical (unpaired) electrons. The summed E-state index contributed by atoms with van der Waals surface area (Å²) in [7, 11) is -3.41. The van der Waals surface area contributed by atoms with E-state index in [0.717, 1.165) is 25.0 Å². The van der Waals surface area contributed by atoms with Crippen molar-refractivity contribution in [2.45, 2.75) is 110 Å². The summed E-state index contributed by atoms with van der Waals surface area (Å²) in [6.45, 7) is 4.37. The minimum Gasteiger partial charge on any atom is -0.455 e. The molecule has 3 aliphatic heterocycles. The van der Waals surface area contributed by atoms with Crippen LogP contribution < -0.4 is 4.74 Å². The smallest absolute Gasteiger partial charge is 0.455 e. The van der Waals surface area contributed by atoms with Crippen LogP contribution >= 0.6 is 7.82 Å². The lowest BCUT2D eigenvalue weighted by molar-refractivity contribution is -0.0802. The molecular formula is C25H39O6P. The van der Waals surface area contributed by atoms with E-state index in [1.165, 1.54) is 69.8 Å². The predicted octanol–water partition coefficient (Wildman–Crippen LogP) is 8.37. The van der Waals surface area contributed by atoms with Gasteiger partial charge in [0.25, 0.3) is 0 Å². The Morgan fingerprint density at radius 3 is 1.91 bits per heavy atom. The fraction of sp³-hybridized carbons (Fsp3) is 0.680. The van der Waals surface area contributed by atoms with E-state index in [4.69, 9.17) is 23.0 Å². The molecule has 2 bridgehead atoms. The van der Waals surface area contributed by atoms with Gasteiger partial charge < -0.3 is 23.0 Å². The first-order chi connectivity index (χ1) is 15.6. The molecule has 32 heavy (non-hydrogen) atoms. The number of hydrogen-bond acceptors (Lipinski definition) is 6. The summed E-state index contributed by atoms with van der Waals surface area (Å²) in [4.78, 5) is 0. The molecule has 7 heteroatoms. The lowest BCUT2D eigenvalue weighted by atomic mass is 10.0. The largest absolute Gasteiger partial charge is 0.654 e. The zero-order valence-corrected chi connectivity index (χ0v) is 20.6. The lowest BCUT2D eigenvalue weighted by Crippen LogP contribution is -2.20. The highest BCUT2D eigenvalue weighted by atomic mass is 31.2. The first-order valence-corrected chi connectivity index (χ1v) is 13.9. The highest BCUT2D eigenvalue weighted by molar-refractivity contribution is 7.50. The third-order valence-corrected chi connectivity index (χ3v) is 6.96. The van der Waals surface area contributed by atoms with Crippen LogP contribution in [0, 0.1) is 0 Å². The van der Waals surface area contributed by atoms with Gasteiger partial charge in [0.2, 0.25) is 6.29 Å². The van der Waals surface area contributed by atoms with Gasteiger partial charge in [-0.05, 0) is 37.0 Å². The monoisotopic (exact) mass is 466 g/mol. The SMILES string of the molecule is CCCCCCCCCCCCc1ccc(OC(CCCC)OC2=C3OP(=O)(O2)O3)cc1. The molecule has 1 atom stereocenters. The highest BCUT2D eigenvalue weighted by Crippen LogP contribution is 2.70. The van der Waals surface area contributed by atoms with E-state index in [-0.39, 0.29) is 11.9 Å². The molecule has 3 aliphatic rings. The summed E-state index contributed by atoms with van der Waals surface area (Å²) < 4.78 is 38.3. The summed E-state index contributed by atoms with van der Waals surface area (Å²) >= 11 is 0. The molecule has 6 nitrogen and oxygen atoms in total. The summed E-state index contributed by atoms with van der Waals surface area (Å²) in [6.07, 6.45) is 16.7.